The van der Waals surface area contributed by atoms with Gasteiger partial charge < -0.3 is 0 Å². The number of rotatable bonds is 1. The molecule has 0 heterocycles. The van der Waals surface area contributed by atoms with Crippen LogP contribution in [-0.2, 0) is 0 Å². The van der Waals surface area contributed by atoms with Gasteiger partial charge in [0.05, 0.1) is 0 Å². The van der Waals surface area contributed by atoms with E-state index < -0.39 is 0 Å². The van der Waals surface area contributed by atoms with Gasteiger partial charge in [0.1, 0.15) is 0 Å². The van der Waals surface area contributed by atoms with Crippen LogP contribution in [0.2, 0.25) is 0 Å². The van der Waals surface area contributed by atoms with Gasteiger partial charge in [-0.1, -0.05) is 0 Å². The molecule has 0 saturated carbocycles. The van der Waals surface area contributed by atoms with Crippen LogP contribution < -0.4 is 0 Å². The molecule has 0 aliphatic carbocycles. The van der Waals surface area contributed by atoms with Crippen molar-refractivity contribution < 1.29 is 0 Å². The van der Waals surface area contributed by atoms with Crippen molar-refractivity contribution in [1.82, 2.24) is 0 Å². The molecule has 0 unspecified atom stereocenters. The average Bonchev–Trinajstić information content (AvgIpc) is 1.38. The first-order valence-corrected chi connectivity index (χ1v) is 1.81. The first kappa shape index (κ1) is 5.22. The number of hydrogen-bond acceptors (Lipinski definition) is 1. The first-order valence-electron chi connectivity index (χ1n) is 1.40. The van der Waals surface area contributed by atoms with Gasteiger partial charge in [-0.2, -0.15) is 0 Å². The molecule has 0 bridgehead atoms. The van der Waals surface area contributed by atoms with Crippen LogP contribution >= 0.6 is 12.2 Å². The van der Waals surface area contributed by atoms with E-state index >= 15 is 0 Å². The van der Waals surface area contributed by atoms with Gasteiger partial charge in [0.15, 0.2) is 0 Å². The van der Waals surface area contributed by atoms with E-state index in [9.17, 15) is 0 Å². The van der Waals surface area contributed by atoms with E-state index in [2.05, 4.69) is 19.6 Å². The minimum absolute atomic E-state index is 0.852. The fraction of sp³-hybridized carbons (Fsp3) is 0.500. The summed E-state index contributed by atoms with van der Waals surface area (Å²) in [6.45, 7) is 3.48. The molecule has 0 radical (unpaired) electrons. The second kappa shape index (κ2) is 2.46. The molecule has 0 fully saturated rings. The molecule has 0 amide bonds. The van der Waals surface area contributed by atoms with Crippen molar-refractivity contribution in [2.45, 2.75) is 6.92 Å². The summed E-state index contributed by atoms with van der Waals surface area (Å²) in [5.74, 6) is 0. The van der Waals surface area contributed by atoms with Gasteiger partial charge >= 0.3 is 38.1 Å². The third-order valence-corrected chi connectivity index (χ3v) is 0.454. The molecule has 0 aromatic carbocycles. The van der Waals surface area contributed by atoms with E-state index in [-0.39, 0.29) is 0 Å². The summed E-state index contributed by atoms with van der Waals surface area (Å²) in [6, 6.07) is 0. The summed E-state index contributed by atoms with van der Waals surface area (Å²) >= 11 is 4.58. The van der Waals surface area contributed by atoms with E-state index in [4.69, 9.17) is 0 Å². The van der Waals surface area contributed by atoms with Crippen molar-refractivity contribution in [3.63, 3.8) is 0 Å². The Bertz CT molecular complexity index is 58.7. The maximum atomic E-state index is 4.58. The Morgan fingerprint density at radius 2 is 2.20 bits per heavy atom. The van der Waals surface area contributed by atoms with Gasteiger partial charge in [-0.05, 0) is 0 Å². The molecule has 0 aliphatic heterocycles. The fourth-order valence-electron chi connectivity index (χ4n) is 0. The normalized spacial score (nSPS) is 5.60. The quantitative estimate of drug-likeness (QED) is 0.313. The Labute approximate surface area is 38.8 Å². The van der Waals surface area contributed by atoms with E-state index in [1.165, 1.54) is 0 Å². The summed E-state index contributed by atoms with van der Waals surface area (Å²) in [4.78, 5) is 0. The summed E-state index contributed by atoms with van der Waals surface area (Å²) in [5, 5.41) is 0. The fourth-order valence-corrected chi connectivity index (χ4v) is 0. The van der Waals surface area contributed by atoms with E-state index in [1.807, 2.05) is 6.92 Å². The van der Waals surface area contributed by atoms with E-state index in [0.717, 1.165) is 4.76 Å². The molecule has 0 aromatic rings. The molecule has 0 nitrogen and oxygen atoms in total. The van der Waals surface area contributed by atoms with Crippen molar-refractivity contribution in [2.24, 2.45) is 0 Å². The molecule has 0 N–H and O–H groups in total. The summed E-state index contributed by atoms with van der Waals surface area (Å²) in [6.07, 6.45) is 0. The van der Waals surface area contributed by atoms with Gasteiger partial charge in [0.25, 0.3) is 0 Å². The van der Waals surface area contributed by atoms with E-state index in [0.29, 0.717) is 0 Å². The second-order valence-corrected chi connectivity index (χ2v) is 1.46. The standard InChI is InChI=1S/C2H4B2S/c1-2(5)4-3/h3H,1H3. The molecule has 0 aromatic heterocycles. The predicted octanol–water partition coefficient (Wildman–Crippen LogP) is -0.146. The molecule has 3 heteroatoms. The molecule has 0 spiro atoms. The molecule has 0 atom stereocenters. The third kappa shape index (κ3) is 4.22. The maximum absolute atomic E-state index is 4.58. The van der Waals surface area contributed by atoms with Crippen LogP contribution in [0.15, 0.2) is 0 Å². The van der Waals surface area contributed by atoms with Crippen LogP contribution in [0, 0.1) is 0 Å². The average molecular weight is 81.7 g/mol. The zero-order valence-corrected chi connectivity index (χ0v) is 4.01. The molecule has 5 heavy (non-hydrogen) atoms. The molecular formula is C2H4B2S. The molecule has 0 aliphatic rings. The van der Waals surface area contributed by atoms with Gasteiger partial charge in [-0.15, -0.1) is 0 Å². The number of hydrogen-bond donors (Lipinski definition) is 0. The predicted molar refractivity (Wildman–Crippen MR) is 31.2 cm³/mol. The molecule has 0 rings (SSSR count). The van der Waals surface area contributed by atoms with E-state index in [1.54, 1.807) is 6.80 Å². The van der Waals surface area contributed by atoms with Crippen molar-refractivity contribution in [3.8, 4) is 0 Å². The Kier molecular flexibility index (Phi) is 2.56. The van der Waals surface area contributed by atoms with Crippen LogP contribution in [0.4, 0.5) is 0 Å². The van der Waals surface area contributed by atoms with Crippen LogP contribution in [0.3, 0.4) is 0 Å². The van der Waals surface area contributed by atoms with Gasteiger partial charge in [-0.3, -0.25) is 0 Å². The monoisotopic (exact) mass is 82.0 g/mol. The van der Waals surface area contributed by atoms with Crippen LogP contribution in [-0.4, -0.2) is 18.9 Å². The SMILES string of the molecule is B=BC(C)=S. The first-order chi connectivity index (χ1) is 2.27. The Morgan fingerprint density at radius 3 is 2.20 bits per heavy atom. The van der Waals surface area contributed by atoms with Gasteiger partial charge in [-0.25, -0.2) is 0 Å². The second-order valence-electron chi connectivity index (χ2n) is 0.815. The van der Waals surface area contributed by atoms with Crippen molar-refractivity contribution in [3.05, 3.63) is 0 Å². The molecule has 0 saturated heterocycles. The summed E-state index contributed by atoms with van der Waals surface area (Å²) < 4.78 is 0.852. The molecule has 24 valence electrons. The summed E-state index contributed by atoms with van der Waals surface area (Å²) in [7, 11) is 3.42. The van der Waals surface area contributed by atoms with Crippen molar-refractivity contribution in [1.29, 1.82) is 0 Å². The van der Waals surface area contributed by atoms with Gasteiger partial charge in [0.2, 0.25) is 0 Å². The Morgan fingerprint density at radius 1 is 2.00 bits per heavy atom. The number of thiocarbonyl (C=S) groups is 1. The van der Waals surface area contributed by atoms with Crippen molar-refractivity contribution >= 4 is 31.2 Å². The topological polar surface area (TPSA) is 0 Å². The van der Waals surface area contributed by atoms with Gasteiger partial charge in [0, 0.05) is 0 Å². The summed E-state index contributed by atoms with van der Waals surface area (Å²) in [5.41, 5.74) is 0. The Hall–Kier alpha value is 0.220. The molecular weight excluding hydrogens is 77.7 g/mol. The van der Waals surface area contributed by atoms with Crippen LogP contribution in [0.25, 0.3) is 0 Å². The van der Waals surface area contributed by atoms with Crippen LogP contribution in [0.5, 0.6) is 0 Å². The van der Waals surface area contributed by atoms with Crippen LogP contribution in [0.1, 0.15) is 6.92 Å². The zero-order valence-electron chi connectivity index (χ0n) is 3.19. The minimum atomic E-state index is 0.852. The van der Waals surface area contributed by atoms with Crippen molar-refractivity contribution in [2.75, 3.05) is 0 Å². The Balaban J connectivity index is 3.20. The third-order valence-electron chi connectivity index (χ3n) is 0.287. The zero-order chi connectivity index (χ0) is 4.28.